The highest BCUT2D eigenvalue weighted by Crippen LogP contribution is 2.16. The van der Waals surface area contributed by atoms with Gasteiger partial charge in [-0.25, -0.2) is 4.39 Å². The van der Waals surface area contributed by atoms with Crippen LogP contribution in [0.25, 0.3) is 0 Å². The molecule has 0 amide bonds. The van der Waals surface area contributed by atoms with Crippen LogP contribution >= 0.6 is 0 Å². The van der Waals surface area contributed by atoms with E-state index in [4.69, 9.17) is 0 Å². The van der Waals surface area contributed by atoms with Crippen LogP contribution in [-0.4, -0.2) is 6.54 Å². The summed E-state index contributed by atoms with van der Waals surface area (Å²) in [6.45, 7) is 7.34. The van der Waals surface area contributed by atoms with Crippen LogP contribution in [0.1, 0.15) is 35.2 Å². The fourth-order valence-corrected chi connectivity index (χ4v) is 2.24. The molecule has 0 heterocycles. The number of hydrogen-bond donors (Lipinski definition) is 1. The van der Waals surface area contributed by atoms with Gasteiger partial charge in [0.1, 0.15) is 5.82 Å². The van der Waals surface area contributed by atoms with E-state index < -0.39 is 0 Å². The van der Waals surface area contributed by atoms with Crippen LogP contribution in [0.4, 0.5) is 4.39 Å². The molecule has 106 valence electrons. The Morgan fingerprint density at radius 3 is 2.35 bits per heavy atom. The lowest BCUT2D eigenvalue weighted by Crippen LogP contribution is -2.21. The molecule has 1 unspecified atom stereocenters. The van der Waals surface area contributed by atoms with Crippen molar-refractivity contribution in [2.24, 2.45) is 0 Å². The van der Waals surface area contributed by atoms with Crippen LogP contribution in [0, 0.1) is 19.7 Å². The topological polar surface area (TPSA) is 12.0 Å². The third-order valence-electron chi connectivity index (χ3n) is 3.81. The maximum Gasteiger partial charge on any atom is 0.123 e. The first-order chi connectivity index (χ1) is 9.56. The fourth-order valence-electron chi connectivity index (χ4n) is 2.24. The standard InChI is InChI=1S/C18H22FN/c1-13-4-7-17(12-14(13)2)15(3)20-11-10-16-5-8-18(19)9-6-16/h4-9,12,15,20H,10-11H2,1-3H3. The lowest BCUT2D eigenvalue weighted by molar-refractivity contribution is 0.575. The molecule has 20 heavy (non-hydrogen) atoms. The molecular weight excluding hydrogens is 249 g/mol. The van der Waals surface area contributed by atoms with Crippen LogP contribution in [0.2, 0.25) is 0 Å². The second-order valence-electron chi connectivity index (χ2n) is 5.40. The molecule has 1 atom stereocenters. The smallest absolute Gasteiger partial charge is 0.123 e. The molecule has 0 aliphatic heterocycles. The predicted octanol–water partition coefficient (Wildman–Crippen LogP) is 4.34. The van der Waals surface area contributed by atoms with Gasteiger partial charge in [0.2, 0.25) is 0 Å². The van der Waals surface area contributed by atoms with Crippen molar-refractivity contribution in [3.05, 3.63) is 70.5 Å². The number of hydrogen-bond acceptors (Lipinski definition) is 1. The highest BCUT2D eigenvalue weighted by molar-refractivity contribution is 5.31. The molecule has 1 N–H and O–H groups in total. The zero-order chi connectivity index (χ0) is 14.5. The zero-order valence-corrected chi connectivity index (χ0v) is 12.4. The SMILES string of the molecule is Cc1ccc(C(C)NCCc2ccc(F)cc2)cc1C. The van der Waals surface area contributed by atoms with Crippen molar-refractivity contribution < 1.29 is 4.39 Å². The summed E-state index contributed by atoms with van der Waals surface area (Å²) in [5.74, 6) is -0.176. The third-order valence-corrected chi connectivity index (χ3v) is 3.81. The highest BCUT2D eigenvalue weighted by Gasteiger charge is 2.05. The van der Waals surface area contributed by atoms with Crippen molar-refractivity contribution in [1.29, 1.82) is 0 Å². The van der Waals surface area contributed by atoms with E-state index in [0.717, 1.165) is 18.5 Å². The van der Waals surface area contributed by atoms with E-state index in [1.165, 1.54) is 28.8 Å². The van der Waals surface area contributed by atoms with E-state index in [0.29, 0.717) is 6.04 Å². The minimum Gasteiger partial charge on any atom is -0.310 e. The van der Waals surface area contributed by atoms with E-state index in [1.54, 1.807) is 0 Å². The van der Waals surface area contributed by atoms with Gasteiger partial charge in [0.05, 0.1) is 0 Å². The molecule has 0 aromatic heterocycles. The van der Waals surface area contributed by atoms with Gasteiger partial charge in [0.25, 0.3) is 0 Å². The summed E-state index contributed by atoms with van der Waals surface area (Å²) in [5, 5.41) is 3.51. The van der Waals surface area contributed by atoms with E-state index in [1.807, 2.05) is 12.1 Å². The van der Waals surface area contributed by atoms with Crippen LogP contribution in [0.15, 0.2) is 42.5 Å². The van der Waals surface area contributed by atoms with Gasteiger partial charge in [-0.1, -0.05) is 30.3 Å². The first-order valence-electron chi connectivity index (χ1n) is 7.11. The Bertz CT molecular complexity index is 560. The van der Waals surface area contributed by atoms with Crippen molar-refractivity contribution >= 4 is 0 Å². The number of halogens is 1. The van der Waals surface area contributed by atoms with E-state index in [9.17, 15) is 4.39 Å². The Morgan fingerprint density at radius 2 is 1.70 bits per heavy atom. The van der Waals surface area contributed by atoms with Gasteiger partial charge in [-0.3, -0.25) is 0 Å². The molecule has 0 fully saturated rings. The minimum absolute atomic E-state index is 0.176. The summed E-state index contributed by atoms with van der Waals surface area (Å²) < 4.78 is 12.8. The Kier molecular flexibility index (Phi) is 4.91. The molecule has 2 aromatic carbocycles. The van der Waals surface area contributed by atoms with Crippen molar-refractivity contribution in [2.75, 3.05) is 6.54 Å². The molecule has 0 spiro atoms. The molecule has 2 aromatic rings. The predicted molar refractivity (Wildman–Crippen MR) is 82.4 cm³/mol. The average Bonchev–Trinajstić information content (AvgIpc) is 2.44. The lowest BCUT2D eigenvalue weighted by Gasteiger charge is -2.15. The van der Waals surface area contributed by atoms with Gasteiger partial charge in [-0.2, -0.15) is 0 Å². The summed E-state index contributed by atoms with van der Waals surface area (Å²) in [7, 11) is 0. The number of rotatable bonds is 5. The summed E-state index contributed by atoms with van der Waals surface area (Å²) in [4.78, 5) is 0. The third kappa shape index (κ3) is 3.91. The summed E-state index contributed by atoms with van der Waals surface area (Å²) in [6, 6.07) is 13.6. The number of benzene rings is 2. The Morgan fingerprint density at radius 1 is 1.00 bits per heavy atom. The first-order valence-corrected chi connectivity index (χ1v) is 7.11. The van der Waals surface area contributed by atoms with Gasteiger partial charge in [-0.15, -0.1) is 0 Å². The van der Waals surface area contributed by atoms with Gasteiger partial charge in [0.15, 0.2) is 0 Å². The zero-order valence-electron chi connectivity index (χ0n) is 12.4. The van der Waals surface area contributed by atoms with Gasteiger partial charge < -0.3 is 5.32 Å². The molecule has 0 bridgehead atoms. The minimum atomic E-state index is -0.176. The Balaban J connectivity index is 1.87. The van der Waals surface area contributed by atoms with Crippen LogP contribution in [0.5, 0.6) is 0 Å². The fraction of sp³-hybridized carbons (Fsp3) is 0.333. The van der Waals surface area contributed by atoms with E-state index in [2.05, 4.69) is 44.3 Å². The number of aryl methyl sites for hydroxylation is 2. The maximum atomic E-state index is 12.8. The van der Waals surface area contributed by atoms with Crippen molar-refractivity contribution in [2.45, 2.75) is 33.2 Å². The molecule has 0 aliphatic rings. The lowest BCUT2D eigenvalue weighted by atomic mass is 10.0. The molecule has 2 heteroatoms. The molecule has 0 saturated carbocycles. The summed E-state index contributed by atoms with van der Waals surface area (Å²) >= 11 is 0. The first kappa shape index (κ1) is 14.7. The van der Waals surface area contributed by atoms with Gasteiger partial charge in [0, 0.05) is 6.04 Å². The second kappa shape index (κ2) is 6.67. The molecule has 0 aliphatic carbocycles. The quantitative estimate of drug-likeness (QED) is 0.853. The van der Waals surface area contributed by atoms with Crippen LogP contribution in [-0.2, 0) is 6.42 Å². The highest BCUT2D eigenvalue weighted by atomic mass is 19.1. The molecule has 0 radical (unpaired) electrons. The Hall–Kier alpha value is -1.67. The van der Waals surface area contributed by atoms with Gasteiger partial charge >= 0.3 is 0 Å². The van der Waals surface area contributed by atoms with E-state index in [-0.39, 0.29) is 5.82 Å². The van der Waals surface area contributed by atoms with Crippen LogP contribution < -0.4 is 5.32 Å². The Labute approximate surface area is 120 Å². The average molecular weight is 271 g/mol. The molecule has 2 rings (SSSR count). The largest absolute Gasteiger partial charge is 0.310 e. The van der Waals surface area contributed by atoms with Crippen molar-refractivity contribution in [3.63, 3.8) is 0 Å². The summed E-state index contributed by atoms with van der Waals surface area (Å²) in [6.07, 6.45) is 0.912. The molecule has 1 nitrogen and oxygen atoms in total. The second-order valence-corrected chi connectivity index (χ2v) is 5.40. The normalized spacial score (nSPS) is 12.4. The molecule has 0 saturated heterocycles. The van der Waals surface area contributed by atoms with Gasteiger partial charge in [-0.05, 0) is 68.1 Å². The van der Waals surface area contributed by atoms with Crippen molar-refractivity contribution in [3.8, 4) is 0 Å². The monoisotopic (exact) mass is 271 g/mol. The van der Waals surface area contributed by atoms with E-state index >= 15 is 0 Å². The summed E-state index contributed by atoms with van der Waals surface area (Å²) in [5.41, 5.74) is 5.13. The molecular formula is C18H22FN. The van der Waals surface area contributed by atoms with Crippen LogP contribution in [0.3, 0.4) is 0 Å². The number of nitrogens with one attached hydrogen (secondary N) is 1. The maximum absolute atomic E-state index is 12.8. The van der Waals surface area contributed by atoms with Crippen molar-refractivity contribution in [1.82, 2.24) is 5.32 Å².